The van der Waals surface area contributed by atoms with Crippen molar-refractivity contribution in [3.05, 3.63) is 45.9 Å². The Hall–Kier alpha value is -1.15. The third-order valence-corrected chi connectivity index (χ3v) is 3.57. The summed E-state index contributed by atoms with van der Waals surface area (Å²) in [6.45, 7) is 4.76. The quantitative estimate of drug-likeness (QED) is 0.469. The van der Waals surface area contributed by atoms with Gasteiger partial charge in [0.05, 0.1) is 5.01 Å². The van der Waals surface area contributed by atoms with Crippen LogP contribution < -0.4 is 11.1 Å². The molecular formula is C14H19IN4S. The van der Waals surface area contributed by atoms with Crippen LogP contribution in [0.5, 0.6) is 0 Å². The van der Waals surface area contributed by atoms with E-state index in [4.69, 9.17) is 5.73 Å². The average molecular weight is 402 g/mol. The summed E-state index contributed by atoms with van der Waals surface area (Å²) < 4.78 is 0. The third kappa shape index (κ3) is 5.46. The number of nitrogens with one attached hydrogen (secondary N) is 1. The number of anilines is 1. The molecule has 1 heterocycles. The number of nitrogens with two attached hydrogens (primary N) is 1. The van der Waals surface area contributed by atoms with Gasteiger partial charge in [-0.2, -0.15) is 0 Å². The first-order chi connectivity index (χ1) is 9.13. The second kappa shape index (κ2) is 8.21. The summed E-state index contributed by atoms with van der Waals surface area (Å²) in [5.41, 5.74) is 8.01. The molecule has 20 heavy (non-hydrogen) atoms. The molecule has 0 spiro atoms. The van der Waals surface area contributed by atoms with Crippen LogP contribution in [0.15, 0.2) is 35.5 Å². The lowest BCUT2D eigenvalue weighted by Crippen LogP contribution is -2.23. The number of guanidine groups is 1. The van der Waals surface area contributed by atoms with Gasteiger partial charge in [-0.3, -0.25) is 4.99 Å². The molecule has 3 N–H and O–H groups in total. The van der Waals surface area contributed by atoms with Crippen molar-refractivity contribution in [1.29, 1.82) is 0 Å². The van der Waals surface area contributed by atoms with Crippen molar-refractivity contribution in [2.45, 2.75) is 20.3 Å². The lowest BCUT2D eigenvalue weighted by atomic mass is 10.2. The maximum Gasteiger partial charge on any atom is 0.193 e. The summed E-state index contributed by atoms with van der Waals surface area (Å²) >= 11 is 1.70. The van der Waals surface area contributed by atoms with E-state index >= 15 is 0 Å². The Labute approximate surface area is 140 Å². The zero-order valence-corrected chi connectivity index (χ0v) is 14.7. The lowest BCUT2D eigenvalue weighted by molar-refractivity contribution is 0.949. The molecule has 0 aliphatic rings. The molecule has 0 aliphatic carbocycles. The van der Waals surface area contributed by atoms with Crippen molar-refractivity contribution in [1.82, 2.24) is 4.98 Å². The highest BCUT2D eigenvalue weighted by Crippen LogP contribution is 2.11. The molecule has 2 rings (SSSR count). The number of halogens is 1. The predicted octanol–water partition coefficient (Wildman–Crippen LogP) is 3.35. The molecule has 0 amide bonds. The van der Waals surface area contributed by atoms with Gasteiger partial charge in [0, 0.05) is 29.7 Å². The van der Waals surface area contributed by atoms with Crippen LogP contribution in [0.1, 0.15) is 15.4 Å². The van der Waals surface area contributed by atoms with Crippen LogP contribution in [-0.4, -0.2) is 17.5 Å². The van der Waals surface area contributed by atoms with E-state index in [0.29, 0.717) is 12.5 Å². The highest BCUT2D eigenvalue weighted by molar-refractivity contribution is 14.0. The largest absolute Gasteiger partial charge is 0.370 e. The SMILES string of the molecule is Cc1ccc(NC(N)=NCCc2ncc(C)s2)cc1.I. The summed E-state index contributed by atoms with van der Waals surface area (Å²) in [6.07, 6.45) is 2.71. The number of hydrogen-bond acceptors (Lipinski definition) is 3. The van der Waals surface area contributed by atoms with Crippen LogP contribution in [0, 0.1) is 13.8 Å². The maximum absolute atomic E-state index is 5.84. The molecule has 0 unspecified atom stereocenters. The van der Waals surface area contributed by atoms with Gasteiger partial charge < -0.3 is 11.1 Å². The number of benzene rings is 1. The Kier molecular flexibility index (Phi) is 6.94. The van der Waals surface area contributed by atoms with Crippen LogP contribution in [-0.2, 0) is 6.42 Å². The molecule has 1 aromatic carbocycles. The number of aryl methyl sites for hydroxylation is 2. The Morgan fingerprint density at radius 3 is 2.60 bits per heavy atom. The van der Waals surface area contributed by atoms with Crippen molar-refractivity contribution < 1.29 is 0 Å². The standard InChI is InChI=1S/C14H18N4S.HI/c1-10-3-5-12(6-4-10)18-14(15)16-8-7-13-17-9-11(2)19-13;/h3-6,9H,7-8H2,1-2H3,(H3,15,16,18);1H. The molecule has 1 aromatic heterocycles. The smallest absolute Gasteiger partial charge is 0.193 e. The zero-order chi connectivity index (χ0) is 13.7. The highest BCUT2D eigenvalue weighted by Gasteiger charge is 1.98. The molecular weight excluding hydrogens is 383 g/mol. The summed E-state index contributed by atoms with van der Waals surface area (Å²) in [4.78, 5) is 9.82. The number of nitrogens with zero attached hydrogens (tertiary/aromatic N) is 2. The first-order valence-electron chi connectivity index (χ1n) is 6.18. The predicted molar refractivity (Wildman–Crippen MR) is 97.3 cm³/mol. The summed E-state index contributed by atoms with van der Waals surface area (Å²) in [5, 5.41) is 4.17. The summed E-state index contributed by atoms with van der Waals surface area (Å²) in [6, 6.07) is 8.05. The van der Waals surface area contributed by atoms with Crippen LogP contribution in [0.25, 0.3) is 0 Å². The number of aromatic nitrogens is 1. The Morgan fingerprint density at radius 1 is 1.30 bits per heavy atom. The molecule has 2 aromatic rings. The van der Waals surface area contributed by atoms with Gasteiger partial charge >= 0.3 is 0 Å². The summed E-state index contributed by atoms with van der Waals surface area (Å²) in [7, 11) is 0. The molecule has 6 heteroatoms. The van der Waals surface area contributed by atoms with Crippen molar-refractivity contribution in [2.24, 2.45) is 10.7 Å². The molecule has 0 radical (unpaired) electrons. The number of thiazole rings is 1. The van der Waals surface area contributed by atoms with E-state index in [2.05, 4.69) is 29.1 Å². The van der Waals surface area contributed by atoms with E-state index in [9.17, 15) is 0 Å². The first-order valence-corrected chi connectivity index (χ1v) is 7.00. The Bertz CT molecular complexity index is 563. The molecule has 0 fully saturated rings. The van der Waals surface area contributed by atoms with Crippen LogP contribution in [0.3, 0.4) is 0 Å². The molecule has 0 saturated heterocycles. The fourth-order valence-corrected chi connectivity index (χ4v) is 2.39. The van der Waals surface area contributed by atoms with Crippen LogP contribution in [0.2, 0.25) is 0 Å². The molecule has 0 saturated carbocycles. The number of hydrogen-bond donors (Lipinski definition) is 2. The van der Waals surface area contributed by atoms with Gasteiger partial charge in [0.2, 0.25) is 0 Å². The van der Waals surface area contributed by atoms with Crippen molar-refractivity contribution >= 4 is 47.0 Å². The minimum Gasteiger partial charge on any atom is -0.370 e. The highest BCUT2D eigenvalue weighted by atomic mass is 127. The van der Waals surface area contributed by atoms with Gasteiger partial charge in [0.1, 0.15) is 0 Å². The van der Waals surface area contributed by atoms with Crippen molar-refractivity contribution in [3.8, 4) is 0 Å². The molecule has 4 nitrogen and oxygen atoms in total. The van der Waals surface area contributed by atoms with Gasteiger partial charge in [-0.15, -0.1) is 35.3 Å². The molecule has 0 bridgehead atoms. The van der Waals surface area contributed by atoms with Crippen molar-refractivity contribution in [2.75, 3.05) is 11.9 Å². The zero-order valence-electron chi connectivity index (χ0n) is 11.6. The maximum atomic E-state index is 5.84. The van der Waals surface area contributed by atoms with Crippen LogP contribution in [0.4, 0.5) is 5.69 Å². The lowest BCUT2D eigenvalue weighted by Gasteiger charge is -2.05. The third-order valence-electron chi connectivity index (χ3n) is 2.60. The number of aliphatic imine (C=N–C) groups is 1. The van der Waals surface area contributed by atoms with Crippen LogP contribution >= 0.6 is 35.3 Å². The van der Waals surface area contributed by atoms with Gasteiger partial charge in [0.15, 0.2) is 5.96 Å². The monoisotopic (exact) mass is 402 g/mol. The minimum atomic E-state index is 0. The minimum absolute atomic E-state index is 0. The molecule has 0 aliphatic heterocycles. The van der Waals surface area contributed by atoms with Gasteiger partial charge in [-0.25, -0.2) is 4.98 Å². The van der Waals surface area contributed by atoms with E-state index in [1.165, 1.54) is 10.4 Å². The van der Waals surface area contributed by atoms with E-state index in [1.54, 1.807) is 11.3 Å². The first kappa shape index (κ1) is 16.9. The van der Waals surface area contributed by atoms with Gasteiger partial charge in [0.25, 0.3) is 0 Å². The Balaban J connectivity index is 0.00000200. The van der Waals surface area contributed by atoms with Gasteiger partial charge in [-0.1, -0.05) is 17.7 Å². The Morgan fingerprint density at radius 2 is 2.00 bits per heavy atom. The van der Waals surface area contributed by atoms with E-state index < -0.39 is 0 Å². The normalized spacial score (nSPS) is 11.0. The van der Waals surface area contributed by atoms with Crippen molar-refractivity contribution in [3.63, 3.8) is 0 Å². The fourth-order valence-electron chi connectivity index (χ4n) is 1.61. The van der Waals surface area contributed by atoms with Gasteiger partial charge in [-0.05, 0) is 26.0 Å². The van der Waals surface area contributed by atoms with E-state index in [-0.39, 0.29) is 24.0 Å². The van der Waals surface area contributed by atoms with E-state index in [1.807, 2.05) is 30.5 Å². The topological polar surface area (TPSA) is 63.3 Å². The summed E-state index contributed by atoms with van der Waals surface area (Å²) in [5.74, 6) is 0.442. The number of rotatable bonds is 4. The van der Waals surface area contributed by atoms with E-state index in [0.717, 1.165) is 17.1 Å². The second-order valence-electron chi connectivity index (χ2n) is 4.37. The average Bonchev–Trinajstić information content (AvgIpc) is 2.78. The second-order valence-corrected chi connectivity index (χ2v) is 5.69. The fraction of sp³-hybridized carbons (Fsp3) is 0.286. The molecule has 108 valence electrons. The molecule has 0 atom stereocenters.